The van der Waals surface area contributed by atoms with Crippen molar-refractivity contribution in [2.75, 3.05) is 17.2 Å². The van der Waals surface area contributed by atoms with E-state index in [1.54, 1.807) is 4.90 Å². The molecule has 0 saturated carbocycles. The van der Waals surface area contributed by atoms with E-state index in [-0.39, 0.29) is 17.9 Å². The second-order valence-corrected chi connectivity index (χ2v) is 12.0. The van der Waals surface area contributed by atoms with Crippen LogP contribution in [0.4, 0.5) is 11.4 Å². The third kappa shape index (κ3) is 5.01. The van der Waals surface area contributed by atoms with E-state index in [2.05, 4.69) is 21.2 Å². The molecule has 1 heterocycles. The van der Waals surface area contributed by atoms with Gasteiger partial charge in [0, 0.05) is 5.69 Å². The fraction of sp³-hybridized carbons (Fsp3) is 0.240. The van der Waals surface area contributed by atoms with Crippen molar-refractivity contribution in [1.82, 2.24) is 4.90 Å². The summed E-state index contributed by atoms with van der Waals surface area (Å²) in [6.45, 7) is 0.687. The first-order valence-electron chi connectivity index (χ1n) is 10.7. The summed E-state index contributed by atoms with van der Waals surface area (Å²) >= 11 is -0.823. The van der Waals surface area contributed by atoms with Crippen molar-refractivity contribution in [2.45, 2.75) is 27.3 Å². The minimum atomic E-state index is -0.823. The van der Waals surface area contributed by atoms with Crippen LogP contribution in [0.1, 0.15) is 12.8 Å². The SMILES string of the molecule is [CH3][Pb][CH2]C(=O)N1CCC[C@H]1C(=O)Nc1ccc2cc(-c3ccc(NC=O)cc3)ccc2c1. The molecule has 32 heavy (non-hydrogen) atoms. The number of nitrogens with one attached hydrogen (secondary N) is 2. The molecule has 1 aliphatic rings. The summed E-state index contributed by atoms with van der Waals surface area (Å²) in [7, 11) is 0. The second-order valence-electron chi connectivity index (χ2n) is 7.88. The number of benzene rings is 3. The molecule has 6 nitrogen and oxygen atoms in total. The summed E-state index contributed by atoms with van der Waals surface area (Å²) in [4.78, 5) is 37.6. The molecule has 4 rings (SSSR count). The minimum absolute atomic E-state index is 0.0970. The van der Waals surface area contributed by atoms with Crippen molar-refractivity contribution in [2.24, 2.45) is 0 Å². The average molecular weight is 623 g/mol. The number of likely N-dealkylation sites (tertiary alicyclic amines) is 1. The molecule has 0 bridgehead atoms. The van der Waals surface area contributed by atoms with Crippen LogP contribution in [0.3, 0.4) is 0 Å². The maximum atomic E-state index is 12.9. The number of anilines is 2. The maximum absolute atomic E-state index is 12.9. The van der Waals surface area contributed by atoms with E-state index in [0.717, 1.165) is 46.1 Å². The molecule has 1 fully saturated rings. The first-order valence-corrected chi connectivity index (χ1v) is 17.3. The predicted octanol–water partition coefficient (Wildman–Crippen LogP) is 4.18. The van der Waals surface area contributed by atoms with Crippen LogP contribution in [0.25, 0.3) is 21.9 Å². The summed E-state index contributed by atoms with van der Waals surface area (Å²) in [5.74, 6) is 0.0507. The number of amides is 3. The number of hydrogen-bond acceptors (Lipinski definition) is 3. The van der Waals surface area contributed by atoms with E-state index in [9.17, 15) is 14.4 Å². The van der Waals surface area contributed by atoms with Crippen LogP contribution in [0.15, 0.2) is 60.7 Å². The zero-order valence-electron chi connectivity index (χ0n) is 17.9. The van der Waals surface area contributed by atoms with Gasteiger partial charge >= 0.3 is 148 Å². The van der Waals surface area contributed by atoms with Crippen molar-refractivity contribution < 1.29 is 14.4 Å². The summed E-state index contributed by atoms with van der Waals surface area (Å²) in [5.41, 5.74) is 3.63. The van der Waals surface area contributed by atoms with Crippen LogP contribution < -0.4 is 10.6 Å². The van der Waals surface area contributed by atoms with Gasteiger partial charge in [-0.1, -0.05) is 12.1 Å². The van der Waals surface area contributed by atoms with Gasteiger partial charge in [-0.3, -0.25) is 4.79 Å². The van der Waals surface area contributed by atoms with Gasteiger partial charge in [-0.25, -0.2) is 0 Å². The Morgan fingerprint density at radius 2 is 1.69 bits per heavy atom. The van der Waals surface area contributed by atoms with Crippen LogP contribution in [-0.2, 0) is 14.4 Å². The van der Waals surface area contributed by atoms with E-state index in [0.29, 0.717) is 16.9 Å². The topological polar surface area (TPSA) is 78.5 Å². The van der Waals surface area contributed by atoms with Gasteiger partial charge in [0.05, 0.1) is 0 Å². The van der Waals surface area contributed by atoms with E-state index < -0.39 is 24.2 Å². The van der Waals surface area contributed by atoms with Crippen molar-refractivity contribution in [3.8, 4) is 11.1 Å². The Morgan fingerprint density at radius 3 is 2.44 bits per heavy atom. The Bertz CT molecular complexity index is 1150. The number of hydrogen-bond donors (Lipinski definition) is 2. The van der Waals surface area contributed by atoms with E-state index in [1.165, 1.54) is 0 Å². The molecule has 1 atom stereocenters. The zero-order valence-corrected chi connectivity index (χ0v) is 21.8. The molecule has 2 N–H and O–H groups in total. The number of carbonyl (C=O) groups excluding carboxylic acids is 3. The Hall–Kier alpha value is -2.75. The Labute approximate surface area is 199 Å². The van der Waals surface area contributed by atoms with Gasteiger partial charge in [-0.15, -0.1) is 0 Å². The molecular formula is C25H25N3O3Pb. The van der Waals surface area contributed by atoms with E-state index in [4.69, 9.17) is 0 Å². The van der Waals surface area contributed by atoms with Gasteiger partial charge in [0.1, 0.15) is 0 Å². The second kappa shape index (κ2) is 10.2. The Balaban J connectivity index is 1.49. The molecular weight excluding hydrogens is 597 g/mol. The number of nitrogens with zero attached hydrogens (tertiary/aromatic N) is 1. The van der Waals surface area contributed by atoms with Crippen molar-refractivity contribution in [3.05, 3.63) is 60.7 Å². The number of fused-ring (bicyclic) bond motifs is 1. The van der Waals surface area contributed by atoms with E-state index in [1.807, 2.05) is 54.6 Å². The molecule has 3 aromatic carbocycles. The van der Waals surface area contributed by atoms with Gasteiger partial charge in [0.2, 0.25) is 6.41 Å². The fourth-order valence-electron chi connectivity index (χ4n) is 4.15. The predicted molar refractivity (Wildman–Crippen MR) is 129 cm³/mol. The zero-order chi connectivity index (χ0) is 22.5. The Morgan fingerprint density at radius 1 is 1.00 bits per heavy atom. The summed E-state index contributed by atoms with van der Waals surface area (Å²) in [6, 6.07) is 19.4. The van der Waals surface area contributed by atoms with Crippen molar-refractivity contribution >= 4 is 64.6 Å². The summed E-state index contributed by atoms with van der Waals surface area (Å²) < 4.78 is 2.85. The number of carbonyl (C=O) groups is 3. The fourth-order valence-corrected chi connectivity index (χ4v) is 6.11. The third-order valence-electron chi connectivity index (χ3n) is 5.76. The van der Waals surface area contributed by atoms with Crippen LogP contribution in [0, 0.1) is 0 Å². The van der Waals surface area contributed by atoms with Crippen molar-refractivity contribution in [1.29, 1.82) is 0 Å². The molecule has 2 radical (unpaired) electrons. The average Bonchev–Trinajstić information content (AvgIpc) is 3.30. The van der Waals surface area contributed by atoms with E-state index >= 15 is 0 Å². The molecule has 3 amide bonds. The standard InChI is InChI=1S/C24H22N3O3.CH3.Pb/c1-16(29)27-12-2-3-23(27)24(30)26-22-11-8-19-13-18(4-5-20(19)14-22)17-6-9-21(10-7-17)25-15-28;;/h4-11,13-15,23H,1-3,12H2,(H,25,28)(H,26,30);1H3;/t23-;;/m0../s1. The summed E-state index contributed by atoms with van der Waals surface area (Å²) in [5, 5.41) is 7.76. The van der Waals surface area contributed by atoms with Gasteiger partial charge in [0.25, 0.3) is 0 Å². The van der Waals surface area contributed by atoms with Crippen molar-refractivity contribution in [3.63, 3.8) is 0 Å². The quantitative estimate of drug-likeness (QED) is 0.307. The monoisotopic (exact) mass is 623 g/mol. The van der Waals surface area contributed by atoms with Gasteiger partial charge in [-0.2, -0.15) is 0 Å². The molecule has 0 aromatic heterocycles. The van der Waals surface area contributed by atoms with Gasteiger partial charge in [-0.05, 0) is 17.7 Å². The van der Waals surface area contributed by atoms with Gasteiger partial charge < -0.3 is 5.32 Å². The third-order valence-corrected chi connectivity index (χ3v) is 8.31. The van der Waals surface area contributed by atoms with Crippen LogP contribution in [-0.4, -0.2) is 59.9 Å². The molecule has 0 unspecified atom stereocenters. The van der Waals surface area contributed by atoms with Crippen LogP contribution in [0.5, 0.6) is 0 Å². The molecule has 3 aromatic rings. The first-order chi connectivity index (χ1) is 15.6. The Kier molecular flexibility index (Phi) is 7.19. The molecule has 0 aliphatic carbocycles. The van der Waals surface area contributed by atoms with Crippen LogP contribution >= 0.6 is 0 Å². The van der Waals surface area contributed by atoms with Gasteiger partial charge in [0.15, 0.2) is 0 Å². The normalized spacial score (nSPS) is 15.5. The molecule has 0 spiro atoms. The molecule has 1 aliphatic heterocycles. The molecule has 1 saturated heterocycles. The first kappa shape index (κ1) is 22.4. The summed E-state index contributed by atoms with van der Waals surface area (Å²) in [6.07, 6.45) is 2.28. The van der Waals surface area contributed by atoms with Crippen LogP contribution in [0.2, 0.25) is 8.46 Å². The molecule has 162 valence electrons. The molecule has 7 heteroatoms. The number of rotatable bonds is 7.